The van der Waals surface area contributed by atoms with Gasteiger partial charge in [-0.25, -0.2) is 0 Å². The van der Waals surface area contributed by atoms with E-state index >= 15 is 0 Å². The van der Waals surface area contributed by atoms with Crippen LogP contribution in [-0.4, -0.2) is 9.13 Å². The molecule has 57 heavy (non-hydrogen) atoms. The molecule has 13 aromatic rings. The maximum atomic E-state index is 4.27. The molecule has 0 atom stereocenters. The van der Waals surface area contributed by atoms with E-state index in [9.17, 15) is 0 Å². The first-order valence-corrected chi connectivity index (χ1v) is 20.4. The third-order valence-corrected chi connectivity index (χ3v) is 13.3. The van der Waals surface area contributed by atoms with Crippen molar-refractivity contribution in [1.29, 1.82) is 0 Å². The molecule has 0 spiro atoms. The molecule has 0 saturated carbocycles. The minimum absolute atomic E-state index is 1.04. The summed E-state index contributed by atoms with van der Waals surface area (Å²) in [6.45, 7) is 0. The normalized spacial score (nSPS) is 12.3. The highest BCUT2D eigenvalue weighted by Crippen LogP contribution is 2.47. The van der Waals surface area contributed by atoms with Crippen molar-refractivity contribution in [2.24, 2.45) is 0 Å². The summed E-state index contributed by atoms with van der Waals surface area (Å²) in [5.74, 6) is 0. The summed E-state index contributed by atoms with van der Waals surface area (Å²) in [5.41, 5.74) is 6.95. The Kier molecular flexibility index (Phi) is 6.34. The maximum Gasteiger partial charge on any atom is 0.0656 e. The summed E-state index contributed by atoms with van der Waals surface area (Å²) < 4.78 is 5.97. The van der Waals surface area contributed by atoms with Crippen LogP contribution in [0.15, 0.2) is 193 Å². The molecule has 0 aliphatic carbocycles. The van der Waals surface area contributed by atoms with E-state index in [1.54, 1.807) is 0 Å². The number of fused-ring (bicyclic) bond motifs is 20. The minimum Gasteiger partial charge on any atom is -0.308 e. The predicted molar refractivity (Wildman–Crippen MR) is 248 cm³/mol. The van der Waals surface area contributed by atoms with Crippen LogP contribution in [-0.2, 0) is 0 Å². The van der Waals surface area contributed by atoms with E-state index < -0.39 is 0 Å². The van der Waals surface area contributed by atoms with Gasteiger partial charge in [-0.15, -0.1) is 0 Å². The molecule has 3 heteroatoms. The smallest absolute Gasteiger partial charge is 0.0656 e. The number of aromatic nitrogens is 2. The van der Waals surface area contributed by atoms with Gasteiger partial charge in [-0.3, -0.25) is 0 Å². The molecule has 264 valence electrons. The summed E-state index contributed by atoms with van der Waals surface area (Å²) in [4.78, 5) is 0. The highest BCUT2D eigenvalue weighted by atomic mass is 79.9. The van der Waals surface area contributed by atoms with E-state index in [0.29, 0.717) is 0 Å². The zero-order valence-electron chi connectivity index (χ0n) is 30.7. The average Bonchev–Trinajstić information content (AvgIpc) is 3.79. The van der Waals surface area contributed by atoms with Crippen LogP contribution >= 0.6 is 15.9 Å². The lowest BCUT2D eigenvalue weighted by Crippen LogP contribution is -2.01. The number of para-hydroxylation sites is 2. The van der Waals surface area contributed by atoms with Crippen molar-refractivity contribution in [2.75, 3.05) is 0 Å². The van der Waals surface area contributed by atoms with Gasteiger partial charge >= 0.3 is 0 Å². The lowest BCUT2D eigenvalue weighted by molar-refractivity contribution is 1.12. The number of hydrogen-bond acceptors (Lipinski definition) is 0. The van der Waals surface area contributed by atoms with Gasteiger partial charge in [-0.1, -0.05) is 152 Å². The zero-order valence-corrected chi connectivity index (χ0v) is 32.3. The van der Waals surface area contributed by atoms with Gasteiger partial charge in [0.05, 0.1) is 37.9 Å². The van der Waals surface area contributed by atoms with Gasteiger partial charge in [0.15, 0.2) is 0 Å². The van der Waals surface area contributed by atoms with E-state index in [1.165, 1.54) is 108 Å². The first-order chi connectivity index (χ1) is 28.3. The first kappa shape index (κ1) is 31.3. The van der Waals surface area contributed by atoms with Crippen LogP contribution in [0.1, 0.15) is 0 Å². The predicted octanol–water partition coefficient (Wildman–Crippen LogP) is 15.6. The van der Waals surface area contributed by atoms with Gasteiger partial charge < -0.3 is 9.13 Å². The Balaban J connectivity index is 1.15. The van der Waals surface area contributed by atoms with Crippen LogP contribution in [0.25, 0.3) is 120 Å². The molecule has 13 rings (SSSR count). The van der Waals surface area contributed by atoms with Crippen LogP contribution in [0.5, 0.6) is 0 Å². The van der Waals surface area contributed by atoms with E-state index in [-0.39, 0.29) is 0 Å². The third kappa shape index (κ3) is 4.09. The van der Waals surface area contributed by atoms with Gasteiger partial charge in [-0.05, 0) is 106 Å². The van der Waals surface area contributed by atoms with Crippen molar-refractivity contribution in [2.45, 2.75) is 0 Å². The second-order valence-corrected chi connectivity index (χ2v) is 16.1. The molecule has 0 radical (unpaired) electrons. The molecule has 0 N–H and O–H groups in total. The topological polar surface area (TPSA) is 9.86 Å². The largest absolute Gasteiger partial charge is 0.308 e. The molecule has 0 aliphatic rings. The van der Waals surface area contributed by atoms with Crippen LogP contribution < -0.4 is 0 Å². The molecular weight excluding hydrogens is 757 g/mol. The Hall–Kier alpha value is -6.94. The Bertz CT molecular complexity index is 3560. The molecule has 0 unspecified atom stereocenters. The van der Waals surface area contributed by atoms with Gasteiger partial charge in [0.25, 0.3) is 0 Å². The molecule has 0 bridgehead atoms. The minimum atomic E-state index is 1.04. The van der Waals surface area contributed by atoms with Crippen molar-refractivity contribution in [1.82, 2.24) is 9.13 Å². The van der Waals surface area contributed by atoms with E-state index in [0.717, 1.165) is 15.8 Å². The summed E-state index contributed by atoms with van der Waals surface area (Å²) in [6.07, 6.45) is 0. The molecular formula is C54H31BrN2. The quantitative estimate of drug-likeness (QED) is 0.154. The van der Waals surface area contributed by atoms with Gasteiger partial charge in [0.2, 0.25) is 0 Å². The van der Waals surface area contributed by atoms with Gasteiger partial charge in [0.1, 0.15) is 0 Å². The molecule has 0 aliphatic heterocycles. The highest BCUT2D eigenvalue weighted by molar-refractivity contribution is 9.10. The second kappa shape index (κ2) is 11.5. The SMILES string of the molecule is Brc1c(-n2c3ccccc3c3c4c5ccccc5c5ccccc5c4ccc32)cccc1-n1c2ccccc2c2c3c4ccccc4c4ccccc4c3ccc21. The fraction of sp³-hybridized carbons (Fsp3) is 0. The van der Waals surface area contributed by atoms with E-state index in [4.69, 9.17) is 0 Å². The number of nitrogens with zero attached hydrogens (tertiary/aromatic N) is 2. The molecule has 0 fully saturated rings. The number of halogens is 1. The molecule has 0 amide bonds. The summed E-state index contributed by atoms with van der Waals surface area (Å²) in [5, 5.41) is 20.5. The molecule has 0 saturated heterocycles. The summed E-state index contributed by atoms with van der Waals surface area (Å²) in [6, 6.07) is 69.4. The Morgan fingerprint density at radius 3 is 0.912 bits per heavy atom. The zero-order chi connectivity index (χ0) is 37.4. The van der Waals surface area contributed by atoms with Crippen molar-refractivity contribution in [3.8, 4) is 11.4 Å². The monoisotopic (exact) mass is 786 g/mol. The summed E-state index contributed by atoms with van der Waals surface area (Å²) >= 11 is 4.27. The van der Waals surface area contributed by atoms with Crippen molar-refractivity contribution < 1.29 is 0 Å². The average molecular weight is 788 g/mol. The van der Waals surface area contributed by atoms with Crippen LogP contribution in [0.2, 0.25) is 0 Å². The number of benzene rings is 11. The van der Waals surface area contributed by atoms with Crippen molar-refractivity contribution >= 4 is 124 Å². The lowest BCUT2D eigenvalue weighted by Gasteiger charge is -2.17. The Morgan fingerprint density at radius 2 is 0.526 bits per heavy atom. The number of rotatable bonds is 2. The standard InChI is InChI=1S/C54H31BrN2/c55-54-48(56-44-24-11-9-22-42(44)52-46(56)30-28-40-36-18-3-1-14-32(36)34-16-5-7-20-38(34)50(40)52)26-13-27-49(54)57-45-25-12-10-23-43(45)53-47(57)31-29-41-37-19-4-2-15-33(37)35-17-6-8-21-39(35)51(41)53/h1-31H. The van der Waals surface area contributed by atoms with Crippen LogP contribution in [0.3, 0.4) is 0 Å². The number of hydrogen-bond donors (Lipinski definition) is 0. The lowest BCUT2D eigenvalue weighted by atomic mass is 9.92. The van der Waals surface area contributed by atoms with Crippen molar-refractivity contribution in [3.05, 3.63) is 193 Å². The summed E-state index contributed by atoms with van der Waals surface area (Å²) in [7, 11) is 0. The van der Waals surface area contributed by atoms with Crippen molar-refractivity contribution in [3.63, 3.8) is 0 Å². The fourth-order valence-corrected chi connectivity index (χ4v) is 10.9. The fourth-order valence-electron chi connectivity index (χ4n) is 10.3. The van der Waals surface area contributed by atoms with Crippen LogP contribution in [0, 0.1) is 0 Å². The van der Waals surface area contributed by atoms with Gasteiger partial charge in [-0.2, -0.15) is 0 Å². The molecule has 2 aromatic heterocycles. The third-order valence-electron chi connectivity index (χ3n) is 12.5. The molecule has 2 nitrogen and oxygen atoms in total. The molecule has 11 aromatic carbocycles. The first-order valence-electron chi connectivity index (χ1n) is 19.6. The second-order valence-electron chi connectivity index (χ2n) is 15.3. The Morgan fingerprint density at radius 1 is 0.228 bits per heavy atom. The highest BCUT2D eigenvalue weighted by Gasteiger charge is 2.23. The maximum absolute atomic E-state index is 4.27. The van der Waals surface area contributed by atoms with Gasteiger partial charge in [0, 0.05) is 32.3 Å². The Labute approximate surface area is 335 Å². The molecule has 2 heterocycles. The van der Waals surface area contributed by atoms with Crippen LogP contribution in [0.4, 0.5) is 0 Å². The van der Waals surface area contributed by atoms with E-state index in [1.807, 2.05) is 0 Å². The van der Waals surface area contributed by atoms with E-state index in [2.05, 4.69) is 213 Å².